The van der Waals surface area contributed by atoms with Crippen LogP contribution < -0.4 is 4.90 Å². The lowest BCUT2D eigenvalue weighted by Gasteiger charge is -2.28. The van der Waals surface area contributed by atoms with Crippen molar-refractivity contribution in [3.05, 3.63) is 23.4 Å². The van der Waals surface area contributed by atoms with Crippen molar-refractivity contribution in [1.82, 2.24) is 4.98 Å². The summed E-state index contributed by atoms with van der Waals surface area (Å²) in [4.78, 5) is 16.7. The van der Waals surface area contributed by atoms with Gasteiger partial charge in [0.2, 0.25) is 0 Å². The van der Waals surface area contributed by atoms with Crippen molar-refractivity contribution in [1.29, 1.82) is 0 Å². The first-order chi connectivity index (χ1) is 6.92. The van der Waals surface area contributed by atoms with Crippen molar-refractivity contribution >= 4 is 11.4 Å². The molecule has 1 aromatic heterocycles. The van der Waals surface area contributed by atoms with E-state index < -0.39 is 0 Å². The first-order valence-electron chi connectivity index (χ1n) is 4.94. The summed E-state index contributed by atoms with van der Waals surface area (Å²) in [6.45, 7) is 2.04. The monoisotopic (exact) mass is 191 g/mol. The van der Waals surface area contributed by atoms with Gasteiger partial charge in [0.15, 0.2) is 0 Å². The van der Waals surface area contributed by atoms with Crippen LogP contribution in [0.4, 0.5) is 11.4 Å². The number of nitroso groups, excluding NO2 is 1. The summed E-state index contributed by atoms with van der Waals surface area (Å²) >= 11 is 0. The number of piperidine rings is 1. The van der Waals surface area contributed by atoms with Crippen LogP contribution >= 0.6 is 0 Å². The highest BCUT2D eigenvalue weighted by Gasteiger charge is 2.14. The summed E-state index contributed by atoms with van der Waals surface area (Å²) in [5.74, 6) is 0. The predicted molar refractivity (Wildman–Crippen MR) is 55.8 cm³/mol. The minimum atomic E-state index is 0.453. The molecule has 0 bridgehead atoms. The number of hydrogen-bond donors (Lipinski definition) is 0. The highest BCUT2D eigenvalue weighted by Crippen LogP contribution is 2.28. The second-order valence-corrected chi connectivity index (χ2v) is 3.50. The van der Waals surface area contributed by atoms with E-state index in [1.165, 1.54) is 25.5 Å². The lowest BCUT2D eigenvalue weighted by atomic mass is 10.1. The fourth-order valence-electron chi connectivity index (χ4n) is 1.85. The second kappa shape index (κ2) is 4.17. The molecule has 1 aliphatic heterocycles. The van der Waals surface area contributed by atoms with Gasteiger partial charge in [0.1, 0.15) is 5.69 Å². The molecule has 1 fully saturated rings. The fourth-order valence-corrected chi connectivity index (χ4v) is 1.85. The van der Waals surface area contributed by atoms with Gasteiger partial charge in [-0.15, -0.1) is 4.91 Å². The van der Waals surface area contributed by atoms with Crippen molar-refractivity contribution in [2.24, 2.45) is 5.18 Å². The van der Waals surface area contributed by atoms with E-state index in [1.807, 2.05) is 6.07 Å². The molecule has 0 spiro atoms. The average molecular weight is 191 g/mol. The molecule has 14 heavy (non-hydrogen) atoms. The number of hydrogen-bond acceptors (Lipinski definition) is 4. The van der Waals surface area contributed by atoms with Crippen LogP contribution in [0, 0.1) is 4.91 Å². The predicted octanol–water partition coefficient (Wildman–Crippen LogP) is 2.47. The molecule has 0 aliphatic carbocycles. The Morgan fingerprint density at radius 3 is 2.79 bits per heavy atom. The molecular weight excluding hydrogens is 178 g/mol. The zero-order valence-corrected chi connectivity index (χ0v) is 8.02. The molecule has 0 N–H and O–H groups in total. The minimum absolute atomic E-state index is 0.453. The first-order valence-corrected chi connectivity index (χ1v) is 4.94. The maximum Gasteiger partial charge on any atom is 0.149 e. The largest absolute Gasteiger partial charge is 0.370 e. The van der Waals surface area contributed by atoms with E-state index in [4.69, 9.17) is 0 Å². The zero-order chi connectivity index (χ0) is 9.80. The van der Waals surface area contributed by atoms with Gasteiger partial charge in [-0.1, -0.05) is 0 Å². The van der Waals surface area contributed by atoms with Crippen LogP contribution in [-0.2, 0) is 0 Å². The first kappa shape index (κ1) is 9.12. The fraction of sp³-hybridized carbons (Fsp3) is 0.500. The topological polar surface area (TPSA) is 45.6 Å². The van der Waals surface area contributed by atoms with Gasteiger partial charge in [0, 0.05) is 19.3 Å². The Hall–Kier alpha value is -1.45. The maximum absolute atomic E-state index is 10.6. The Balaban J connectivity index is 2.24. The third-order valence-corrected chi connectivity index (χ3v) is 2.57. The standard InChI is InChI=1S/C10H13N3O/c14-12-9-8-11-5-4-10(9)13-6-2-1-3-7-13/h4-5,8H,1-3,6-7H2. The highest BCUT2D eigenvalue weighted by molar-refractivity contribution is 5.65. The Kier molecular flexibility index (Phi) is 2.72. The summed E-state index contributed by atoms with van der Waals surface area (Å²) in [5.41, 5.74) is 1.38. The third kappa shape index (κ3) is 1.73. The van der Waals surface area contributed by atoms with Crippen LogP contribution in [0.15, 0.2) is 23.6 Å². The van der Waals surface area contributed by atoms with Crippen LogP contribution in [0.2, 0.25) is 0 Å². The summed E-state index contributed by atoms with van der Waals surface area (Å²) in [5, 5.41) is 2.99. The highest BCUT2D eigenvalue weighted by atomic mass is 16.3. The van der Waals surface area contributed by atoms with Crippen LogP contribution in [-0.4, -0.2) is 18.1 Å². The van der Waals surface area contributed by atoms with Crippen molar-refractivity contribution in [2.75, 3.05) is 18.0 Å². The Labute approximate surface area is 82.9 Å². The summed E-state index contributed by atoms with van der Waals surface area (Å²) in [7, 11) is 0. The van der Waals surface area contributed by atoms with Crippen LogP contribution in [0.3, 0.4) is 0 Å². The summed E-state index contributed by atoms with van der Waals surface area (Å²) in [6, 6.07) is 1.86. The second-order valence-electron chi connectivity index (χ2n) is 3.50. The molecule has 1 saturated heterocycles. The van der Waals surface area contributed by atoms with Crippen molar-refractivity contribution in [3.8, 4) is 0 Å². The SMILES string of the molecule is O=Nc1cnccc1N1CCCCC1. The lowest BCUT2D eigenvalue weighted by Crippen LogP contribution is -2.29. The van der Waals surface area contributed by atoms with E-state index in [0.717, 1.165) is 18.8 Å². The van der Waals surface area contributed by atoms with Gasteiger partial charge in [-0.25, -0.2) is 0 Å². The van der Waals surface area contributed by atoms with Gasteiger partial charge < -0.3 is 4.90 Å². The van der Waals surface area contributed by atoms with Crippen molar-refractivity contribution in [3.63, 3.8) is 0 Å². The van der Waals surface area contributed by atoms with Crippen LogP contribution in [0.5, 0.6) is 0 Å². The van der Waals surface area contributed by atoms with E-state index in [0.29, 0.717) is 5.69 Å². The molecule has 0 aromatic carbocycles. The molecule has 2 heterocycles. The van der Waals surface area contributed by atoms with Gasteiger partial charge in [0.05, 0.1) is 11.9 Å². The van der Waals surface area contributed by atoms with E-state index in [1.54, 1.807) is 6.20 Å². The number of rotatable bonds is 2. The maximum atomic E-state index is 10.6. The summed E-state index contributed by atoms with van der Waals surface area (Å²) < 4.78 is 0. The molecule has 0 saturated carbocycles. The van der Waals surface area contributed by atoms with E-state index in [-0.39, 0.29) is 0 Å². The molecule has 1 aliphatic rings. The van der Waals surface area contributed by atoms with Crippen LogP contribution in [0.1, 0.15) is 19.3 Å². The number of nitrogens with zero attached hydrogens (tertiary/aromatic N) is 3. The molecular formula is C10H13N3O. The zero-order valence-electron chi connectivity index (χ0n) is 8.02. The molecule has 4 heteroatoms. The summed E-state index contributed by atoms with van der Waals surface area (Å²) in [6.07, 6.45) is 6.90. The molecule has 0 unspecified atom stereocenters. The van der Waals surface area contributed by atoms with Crippen molar-refractivity contribution < 1.29 is 0 Å². The van der Waals surface area contributed by atoms with Gasteiger partial charge >= 0.3 is 0 Å². The molecule has 74 valence electrons. The lowest BCUT2D eigenvalue weighted by molar-refractivity contribution is 0.578. The Morgan fingerprint density at radius 2 is 2.07 bits per heavy atom. The van der Waals surface area contributed by atoms with E-state index in [9.17, 15) is 4.91 Å². The molecule has 4 nitrogen and oxygen atoms in total. The normalized spacial score (nSPS) is 16.7. The Bertz CT molecular complexity index is 321. The van der Waals surface area contributed by atoms with Gasteiger partial charge in [-0.2, -0.15) is 0 Å². The molecule has 0 amide bonds. The molecule has 0 atom stereocenters. The smallest absolute Gasteiger partial charge is 0.149 e. The van der Waals surface area contributed by atoms with E-state index >= 15 is 0 Å². The number of aromatic nitrogens is 1. The molecule has 1 aromatic rings. The number of anilines is 1. The minimum Gasteiger partial charge on any atom is -0.370 e. The molecule has 2 rings (SSSR count). The van der Waals surface area contributed by atoms with E-state index in [2.05, 4.69) is 15.1 Å². The third-order valence-electron chi connectivity index (χ3n) is 2.57. The average Bonchev–Trinajstić information content (AvgIpc) is 2.30. The van der Waals surface area contributed by atoms with Gasteiger partial charge in [0.25, 0.3) is 0 Å². The van der Waals surface area contributed by atoms with Crippen LogP contribution in [0.25, 0.3) is 0 Å². The number of pyridine rings is 1. The Morgan fingerprint density at radius 1 is 1.29 bits per heavy atom. The van der Waals surface area contributed by atoms with Crippen molar-refractivity contribution in [2.45, 2.75) is 19.3 Å². The molecule has 0 radical (unpaired) electrons. The van der Waals surface area contributed by atoms with Gasteiger partial charge in [-0.05, 0) is 30.5 Å². The quantitative estimate of drug-likeness (QED) is 0.674. The van der Waals surface area contributed by atoms with Gasteiger partial charge in [-0.3, -0.25) is 4.98 Å².